The molecule has 0 unspecified atom stereocenters. The van der Waals surface area contributed by atoms with Gasteiger partial charge in [-0.15, -0.1) is 0 Å². The summed E-state index contributed by atoms with van der Waals surface area (Å²) in [4.78, 5) is 25.0. The average molecular weight is 415 g/mol. The first-order valence-electron chi connectivity index (χ1n) is 9.43. The van der Waals surface area contributed by atoms with E-state index >= 15 is 0 Å². The minimum absolute atomic E-state index is 0.0715. The highest BCUT2D eigenvalue weighted by molar-refractivity contribution is 5.90. The van der Waals surface area contributed by atoms with Crippen molar-refractivity contribution in [3.8, 4) is 11.4 Å². The summed E-state index contributed by atoms with van der Waals surface area (Å²) < 4.78 is 37.1. The second-order valence-electron chi connectivity index (χ2n) is 6.79. The number of rotatable bonds is 6. The summed E-state index contributed by atoms with van der Waals surface area (Å²) in [6.45, 7) is 1.32. The monoisotopic (exact) mass is 415 g/mol. The van der Waals surface area contributed by atoms with Gasteiger partial charge >= 0.3 is 5.91 Å². The van der Waals surface area contributed by atoms with Gasteiger partial charge in [0.25, 0.3) is 5.89 Å². The highest BCUT2D eigenvalue weighted by Crippen LogP contribution is 2.19. The lowest BCUT2D eigenvalue weighted by molar-refractivity contribution is 0.0902. The molecular formula is C20H19F2N5O3. The summed E-state index contributed by atoms with van der Waals surface area (Å²) >= 11 is 0. The van der Waals surface area contributed by atoms with Gasteiger partial charge in [0.05, 0.1) is 5.69 Å². The van der Waals surface area contributed by atoms with Crippen molar-refractivity contribution in [2.45, 2.75) is 25.4 Å². The summed E-state index contributed by atoms with van der Waals surface area (Å²) in [6, 6.07) is 4.93. The largest absolute Gasteiger partial charge is 0.440 e. The minimum Gasteiger partial charge on any atom is -0.440 e. The lowest BCUT2D eigenvalue weighted by Crippen LogP contribution is -2.28. The SMILES string of the molecule is O=C(NCc1cc(F)cc(F)c1)c1nc(-c2ccnc(NC3CCOCC3)n2)co1. The molecule has 0 aliphatic carbocycles. The molecule has 0 spiro atoms. The summed E-state index contributed by atoms with van der Waals surface area (Å²) in [6.07, 6.45) is 4.66. The zero-order valence-electron chi connectivity index (χ0n) is 15.9. The van der Waals surface area contributed by atoms with Gasteiger partial charge in [-0.2, -0.15) is 0 Å². The molecule has 1 aliphatic heterocycles. The normalized spacial score (nSPS) is 14.5. The van der Waals surface area contributed by atoms with Crippen molar-refractivity contribution in [2.24, 2.45) is 0 Å². The van der Waals surface area contributed by atoms with Crippen LogP contribution in [0.25, 0.3) is 11.4 Å². The minimum atomic E-state index is -0.716. The zero-order valence-corrected chi connectivity index (χ0v) is 15.9. The maximum Gasteiger partial charge on any atom is 0.307 e. The van der Waals surface area contributed by atoms with Crippen molar-refractivity contribution < 1.29 is 22.7 Å². The number of oxazole rings is 1. The molecule has 10 heteroatoms. The van der Waals surface area contributed by atoms with Crippen molar-refractivity contribution in [1.82, 2.24) is 20.3 Å². The van der Waals surface area contributed by atoms with Crippen LogP contribution in [0.4, 0.5) is 14.7 Å². The molecule has 4 rings (SSSR count). The van der Waals surface area contributed by atoms with E-state index in [9.17, 15) is 13.6 Å². The number of benzene rings is 1. The van der Waals surface area contributed by atoms with Gasteiger partial charge in [-0.25, -0.2) is 23.7 Å². The van der Waals surface area contributed by atoms with E-state index in [4.69, 9.17) is 9.15 Å². The molecule has 0 bridgehead atoms. The molecule has 1 saturated heterocycles. The van der Waals surface area contributed by atoms with Gasteiger partial charge in [-0.1, -0.05) is 0 Å². The van der Waals surface area contributed by atoms with E-state index in [0.717, 1.165) is 31.0 Å². The van der Waals surface area contributed by atoms with E-state index in [1.165, 1.54) is 6.26 Å². The molecule has 30 heavy (non-hydrogen) atoms. The molecule has 8 nitrogen and oxygen atoms in total. The molecule has 3 heterocycles. The Bertz CT molecular complexity index is 1020. The molecule has 156 valence electrons. The number of aromatic nitrogens is 3. The predicted octanol–water partition coefficient (Wildman–Crippen LogP) is 2.93. The van der Waals surface area contributed by atoms with E-state index in [1.807, 2.05) is 0 Å². The fourth-order valence-corrected chi connectivity index (χ4v) is 3.06. The Morgan fingerprint density at radius 3 is 2.63 bits per heavy atom. The molecule has 1 fully saturated rings. The number of ether oxygens (including phenoxy) is 1. The third-order valence-corrected chi connectivity index (χ3v) is 4.55. The molecule has 0 radical (unpaired) electrons. The van der Waals surface area contributed by atoms with Crippen LogP contribution >= 0.6 is 0 Å². The Kier molecular flexibility index (Phi) is 5.94. The van der Waals surface area contributed by atoms with Crippen molar-refractivity contribution in [2.75, 3.05) is 18.5 Å². The Labute approximate surface area is 170 Å². The summed E-state index contributed by atoms with van der Waals surface area (Å²) in [5.41, 5.74) is 1.15. The van der Waals surface area contributed by atoms with E-state index in [1.54, 1.807) is 12.3 Å². The van der Waals surface area contributed by atoms with Crippen molar-refractivity contribution in [3.63, 3.8) is 0 Å². The third-order valence-electron chi connectivity index (χ3n) is 4.55. The van der Waals surface area contributed by atoms with Gasteiger partial charge in [-0.05, 0) is 36.6 Å². The molecule has 2 N–H and O–H groups in total. The molecular weight excluding hydrogens is 396 g/mol. The number of carbonyl (C=O) groups excluding carboxylic acids is 1. The molecule has 1 amide bonds. The van der Waals surface area contributed by atoms with Crippen molar-refractivity contribution in [1.29, 1.82) is 0 Å². The zero-order chi connectivity index (χ0) is 20.9. The van der Waals surface area contributed by atoms with Gasteiger partial charge in [0, 0.05) is 38.1 Å². The Morgan fingerprint density at radius 2 is 1.87 bits per heavy atom. The van der Waals surface area contributed by atoms with Crippen LogP contribution in [-0.4, -0.2) is 40.1 Å². The van der Waals surface area contributed by atoms with Crippen LogP contribution in [-0.2, 0) is 11.3 Å². The van der Waals surface area contributed by atoms with Crippen LogP contribution in [0.1, 0.15) is 29.1 Å². The lowest BCUT2D eigenvalue weighted by atomic mass is 10.1. The first kappa shape index (κ1) is 19.9. The number of anilines is 1. The lowest BCUT2D eigenvalue weighted by Gasteiger charge is -2.23. The predicted molar refractivity (Wildman–Crippen MR) is 103 cm³/mol. The van der Waals surface area contributed by atoms with Crippen molar-refractivity contribution in [3.05, 3.63) is 59.8 Å². The number of hydrogen-bond donors (Lipinski definition) is 2. The Balaban J connectivity index is 1.40. The smallest absolute Gasteiger partial charge is 0.307 e. The second-order valence-corrected chi connectivity index (χ2v) is 6.79. The highest BCUT2D eigenvalue weighted by atomic mass is 19.1. The summed E-state index contributed by atoms with van der Waals surface area (Å²) in [5.74, 6) is -1.76. The van der Waals surface area contributed by atoms with Crippen LogP contribution in [0.15, 0.2) is 41.1 Å². The molecule has 0 atom stereocenters. The van der Waals surface area contributed by atoms with Gasteiger partial charge in [-0.3, -0.25) is 4.79 Å². The maximum atomic E-state index is 13.2. The van der Waals surface area contributed by atoms with E-state index in [-0.39, 0.29) is 24.0 Å². The quantitative estimate of drug-likeness (QED) is 0.638. The second kappa shape index (κ2) is 8.95. The molecule has 1 aliphatic rings. The fraction of sp³-hybridized carbons (Fsp3) is 0.300. The molecule has 1 aromatic carbocycles. The van der Waals surface area contributed by atoms with Crippen LogP contribution in [0.5, 0.6) is 0 Å². The number of carbonyl (C=O) groups is 1. The fourth-order valence-electron chi connectivity index (χ4n) is 3.06. The van der Waals surface area contributed by atoms with Crippen LogP contribution in [0.2, 0.25) is 0 Å². The van der Waals surface area contributed by atoms with Crippen molar-refractivity contribution >= 4 is 11.9 Å². The number of nitrogens with one attached hydrogen (secondary N) is 2. The van der Waals surface area contributed by atoms with Gasteiger partial charge in [0.2, 0.25) is 5.95 Å². The molecule has 2 aromatic heterocycles. The molecule has 0 saturated carbocycles. The summed E-state index contributed by atoms with van der Waals surface area (Å²) in [5, 5.41) is 5.78. The van der Waals surface area contributed by atoms with E-state index in [0.29, 0.717) is 30.5 Å². The first-order valence-corrected chi connectivity index (χ1v) is 9.43. The van der Waals surface area contributed by atoms with Crippen LogP contribution in [0, 0.1) is 11.6 Å². The number of halogens is 2. The number of hydrogen-bond acceptors (Lipinski definition) is 7. The highest BCUT2D eigenvalue weighted by Gasteiger charge is 2.17. The van der Waals surface area contributed by atoms with Crippen LogP contribution < -0.4 is 10.6 Å². The van der Waals surface area contributed by atoms with Gasteiger partial charge in [0.15, 0.2) is 0 Å². The first-order chi connectivity index (χ1) is 14.6. The van der Waals surface area contributed by atoms with E-state index < -0.39 is 17.5 Å². The topological polar surface area (TPSA) is 102 Å². The Hall–Kier alpha value is -3.40. The number of amides is 1. The average Bonchev–Trinajstić information content (AvgIpc) is 3.23. The molecule has 3 aromatic rings. The number of nitrogens with zero attached hydrogens (tertiary/aromatic N) is 3. The maximum absolute atomic E-state index is 13.2. The third kappa shape index (κ3) is 4.95. The summed E-state index contributed by atoms with van der Waals surface area (Å²) in [7, 11) is 0. The van der Waals surface area contributed by atoms with Crippen LogP contribution in [0.3, 0.4) is 0 Å². The van der Waals surface area contributed by atoms with Gasteiger partial charge in [0.1, 0.15) is 23.6 Å². The standard InChI is InChI=1S/C20H19F2N5O3/c21-13-7-12(8-14(22)9-13)10-24-18(28)19-26-17(11-30-19)16-1-4-23-20(27-16)25-15-2-5-29-6-3-15/h1,4,7-9,11,15H,2-3,5-6,10H2,(H,24,28)(H,23,25,27). The Morgan fingerprint density at radius 1 is 1.10 bits per heavy atom. The van der Waals surface area contributed by atoms with E-state index in [2.05, 4.69) is 25.6 Å². The van der Waals surface area contributed by atoms with Gasteiger partial charge < -0.3 is 19.8 Å².